The van der Waals surface area contributed by atoms with E-state index in [-0.39, 0.29) is 24.3 Å². The van der Waals surface area contributed by atoms with Gasteiger partial charge in [0, 0.05) is 17.5 Å². The van der Waals surface area contributed by atoms with Gasteiger partial charge in [0.1, 0.15) is 5.69 Å². The second kappa shape index (κ2) is 6.16. The van der Waals surface area contributed by atoms with Gasteiger partial charge >= 0.3 is 0 Å². The number of fused-ring (bicyclic) bond motifs is 1. The highest BCUT2D eigenvalue weighted by atomic mass is 19.1. The summed E-state index contributed by atoms with van der Waals surface area (Å²) >= 11 is 0. The van der Waals surface area contributed by atoms with Gasteiger partial charge in [0.25, 0.3) is 0 Å². The van der Waals surface area contributed by atoms with Crippen molar-refractivity contribution < 1.29 is 23.4 Å². The lowest BCUT2D eigenvalue weighted by Gasteiger charge is -2.30. The Morgan fingerprint density at radius 1 is 1.29 bits per heavy atom. The van der Waals surface area contributed by atoms with Crippen molar-refractivity contribution in [2.24, 2.45) is 0 Å². The minimum atomic E-state index is -0.968. The Balaban J connectivity index is 2.12. The number of aliphatic hydroxyl groups is 1. The maximum Gasteiger partial charge on any atom is 0.231 e. The fourth-order valence-electron chi connectivity index (χ4n) is 2.82. The minimum Gasteiger partial charge on any atom is -0.494 e. The lowest BCUT2D eigenvalue weighted by molar-refractivity contribution is -0.118. The van der Waals surface area contributed by atoms with E-state index in [2.05, 4.69) is 4.98 Å². The smallest absolute Gasteiger partial charge is 0.231 e. The molecule has 0 radical (unpaired) electrons. The molecule has 0 saturated heterocycles. The van der Waals surface area contributed by atoms with Gasteiger partial charge < -0.3 is 14.7 Å². The second-order valence-corrected chi connectivity index (χ2v) is 5.62. The van der Waals surface area contributed by atoms with Crippen molar-refractivity contribution in [3.63, 3.8) is 0 Å². The molecule has 0 aliphatic carbocycles. The minimum absolute atomic E-state index is 0.00726. The Bertz CT molecular complexity index is 796. The van der Waals surface area contributed by atoms with Gasteiger partial charge in [-0.3, -0.25) is 9.78 Å². The molecule has 126 valence electrons. The van der Waals surface area contributed by atoms with Crippen LogP contribution in [-0.2, 0) is 24.4 Å². The zero-order valence-electron chi connectivity index (χ0n) is 13.3. The van der Waals surface area contributed by atoms with E-state index < -0.39 is 29.8 Å². The van der Waals surface area contributed by atoms with Crippen LogP contribution in [0, 0.1) is 18.6 Å². The number of rotatable bonds is 3. The number of carbonyl (C=O) groups is 1. The average Bonchev–Trinajstić information content (AvgIpc) is 2.55. The van der Waals surface area contributed by atoms with E-state index in [1.807, 2.05) is 6.92 Å². The first-order valence-corrected chi connectivity index (χ1v) is 7.36. The summed E-state index contributed by atoms with van der Waals surface area (Å²) in [4.78, 5) is 17.6. The molecule has 0 bridgehead atoms. The molecule has 1 amide bonds. The average molecular weight is 334 g/mol. The molecule has 3 rings (SSSR count). The maximum absolute atomic E-state index is 14.6. The monoisotopic (exact) mass is 334 g/mol. The molecule has 0 spiro atoms. The van der Waals surface area contributed by atoms with Crippen LogP contribution in [0.5, 0.6) is 5.75 Å². The number of ether oxygens (including phenoxy) is 1. The quantitative estimate of drug-likeness (QED) is 0.935. The number of aryl methyl sites for hydroxylation is 1. The molecular weight excluding hydrogens is 318 g/mol. The van der Waals surface area contributed by atoms with E-state index in [0.717, 1.165) is 27.8 Å². The molecule has 2 heterocycles. The topological polar surface area (TPSA) is 62.7 Å². The van der Waals surface area contributed by atoms with E-state index >= 15 is 0 Å². The third-order valence-corrected chi connectivity index (χ3v) is 4.07. The highest BCUT2D eigenvalue weighted by molar-refractivity contribution is 5.97. The van der Waals surface area contributed by atoms with Gasteiger partial charge in [-0.25, -0.2) is 8.78 Å². The Morgan fingerprint density at radius 2 is 2.04 bits per heavy atom. The molecule has 1 aromatic heterocycles. The van der Waals surface area contributed by atoms with Crippen molar-refractivity contribution in [2.75, 3.05) is 12.0 Å². The number of amides is 1. The third kappa shape index (κ3) is 2.60. The first kappa shape index (κ1) is 16.3. The Morgan fingerprint density at radius 3 is 2.71 bits per heavy atom. The normalized spacial score (nSPS) is 13.9. The molecule has 0 unspecified atom stereocenters. The summed E-state index contributed by atoms with van der Waals surface area (Å²) in [5.74, 6) is -2.59. The zero-order chi connectivity index (χ0) is 17.4. The van der Waals surface area contributed by atoms with Crippen LogP contribution in [0.25, 0.3) is 0 Å². The van der Waals surface area contributed by atoms with Gasteiger partial charge in [0.05, 0.1) is 26.7 Å². The molecule has 5 nitrogen and oxygen atoms in total. The Kier molecular flexibility index (Phi) is 4.19. The molecule has 1 aliphatic heterocycles. The van der Waals surface area contributed by atoms with Crippen molar-refractivity contribution in [3.05, 3.63) is 52.3 Å². The number of hydrogen-bond donors (Lipinski definition) is 1. The summed E-state index contributed by atoms with van der Waals surface area (Å²) < 4.78 is 34.1. The molecule has 0 fully saturated rings. The lowest BCUT2D eigenvalue weighted by atomic mass is 9.99. The van der Waals surface area contributed by atoms with Crippen LogP contribution in [0.15, 0.2) is 18.3 Å². The standard InChI is InChI=1S/C17H16F2N2O3/c1-9-3-10-5-14(23)21(7-12(10)6-20-9)17-15(18)11(8-22)4-13(24-2)16(17)19/h3-4,6,22H,5,7-8H2,1-2H3. The highest BCUT2D eigenvalue weighted by Crippen LogP contribution is 2.36. The molecule has 1 aromatic carbocycles. The lowest BCUT2D eigenvalue weighted by Crippen LogP contribution is -2.37. The van der Waals surface area contributed by atoms with E-state index in [9.17, 15) is 18.7 Å². The van der Waals surface area contributed by atoms with Crippen molar-refractivity contribution in [2.45, 2.75) is 26.5 Å². The summed E-state index contributed by atoms with van der Waals surface area (Å²) in [5.41, 5.74) is 1.66. The molecule has 7 heteroatoms. The van der Waals surface area contributed by atoms with Gasteiger partial charge in [-0.2, -0.15) is 0 Å². The van der Waals surface area contributed by atoms with Gasteiger partial charge in [-0.05, 0) is 30.2 Å². The summed E-state index contributed by atoms with van der Waals surface area (Å²) in [5, 5.41) is 9.27. The predicted octanol–water partition coefficient (Wildman–Crippen LogP) is 2.26. The third-order valence-electron chi connectivity index (χ3n) is 4.07. The number of pyridine rings is 1. The number of hydrogen-bond acceptors (Lipinski definition) is 4. The van der Waals surface area contributed by atoms with Crippen molar-refractivity contribution in [1.29, 1.82) is 0 Å². The van der Waals surface area contributed by atoms with Crippen LogP contribution in [0.3, 0.4) is 0 Å². The number of halogens is 2. The summed E-state index contributed by atoms with van der Waals surface area (Å²) in [6.07, 6.45) is 1.64. The van der Waals surface area contributed by atoms with E-state index in [1.165, 1.54) is 7.11 Å². The second-order valence-electron chi connectivity index (χ2n) is 5.62. The number of aromatic nitrogens is 1. The van der Waals surface area contributed by atoms with Gasteiger partial charge in [0.15, 0.2) is 17.4 Å². The van der Waals surface area contributed by atoms with Crippen molar-refractivity contribution in [3.8, 4) is 5.75 Å². The summed E-state index contributed by atoms with van der Waals surface area (Å²) in [6, 6.07) is 2.88. The van der Waals surface area contributed by atoms with Gasteiger partial charge in [-0.1, -0.05) is 0 Å². The molecule has 1 aliphatic rings. The summed E-state index contributed by atoms with van der Waals surface area (Å²) in [6.45, 7) is 1.19. The van der Waals surface area contributed by atoms with Crippen molar-refractivity contribution in [1.82, 2.24) is 4.98 Å². The fraction of sp³-hybridized carbons (Fsp3) is 0.294. The van der Waals surface area contributed by atoms with Crippen LogP contribution in [0.4, 0.5) is 14.5 Å². The molecule has 1 N–H and O–H groups in total. The number of methoxy groups -OCH3 is 1. The highest BCUT2D eigenvalue weighted by Gasteiger charge is 2.31. The van der Waals surface area contributed by atoms with Crippen LogP contribution >= 0.6 is 0 Å². The Labute approximate surface area is 137 Å². The van der Waals surface area contributed by atoms with Crippen LogP contribution in [0.1, 0.15) is 22.4 Å². The predicted molar refractivity (Wildman–Crippen MR) is 82.7 cm³/mol. The SMILES string of the molecule is COc1cc(CO)c(F)c(N2Cc3cnc(C)cc3CC2=O)c1F. The van der Waals surface area contributed by atoms with Gasteiger partial charge in [-0.15, -0.1) is 0 Å². The first-order valence-electron chi connectivity index (χ1n) is 7.36. The number of carbonyl (C=O) groups excluding carboxylic acids is 1. The molecule has 0 saturated carbocycles. The van der Waals surface area contributed by atoms with Crippen molar-refractivity contribution >= 4 is 11.6 Å². The molecule has 0 atom stereocenters. The first-order chi connectivity index (χ1) is 11.5. The van der Waals surface area contributed by atoms with Gasteiger partial charge in [0.2, 0.25) is 5.91 Å². The van der Waals surface area contributed by atoms with E-state index in [4.69, 9.17) is 4.74 Å². The molecular formula is C17H16F2N2O3. The molecule has 2 aromatic rings. The maximum atomic E-state index is 14.6. The number of benzene rings is 1. The van der Waals surface area contributed by atoms with E-state index in [1.54, 1.807) is 12.3 Å². The Hall–Kier alpha value is -2.54. The fourth-order valence-corrected chi connectivity index (χ4v) is 2.82. The number of nitrogens with zero attached hydrogens (tertiary/aromatic N) is 2. The summed E-state index contributed by atoms with van der Waals surface area (Å²) in [7, 11) is 1.24. The molecule has 24 heavy (non-hydrogen) atoms. The number of anilines is 1. The van der Waals surface area contributed by atoms with Crippen LogP contribution < -0.4 is 9.64 Å². The van der Waals surface area contributed by atoms with Crippen LogP contribution in [-0.4, -0.2) is 23.1 Å². The van der Waals surface area contributed by atoms with E-state index in [0.29, 0.717) is 0 Å². The largest absolute Gasteiger partial charge is 0.494 e. The number of aliphatic hydroxyl groups excluding tert-OH is 1. The van der Waals surface area contributed by atoms with Crippen LogP contribution in [0.2, 0.25) is 0 Å². The zero-order valence-corrected chi connectivity index (χ0v) is 13.3.